The number of carbonyl (C=O) groups is 2. The molecule has 0 fully saturated rings. The highest BCUT2D eigenvalue weighted by Gasteiger charge is 2.25. The van der Waals surface area contributed by atoms with Gasteiger partial charge >= 0.3 is 5.97 Å². The summed E-state index contributed by atoms with van der Waals surface area (Å²) in [6, 6.07) is 0.0565. The molecule has 1 rings (SSSR count). The van der Waals surface area contributed by atoms with Crippen LogP contribution in [0.3, 0.4) is 0 Å². The normalized spacial score (nSPS) is 12.9. The fourth-order valence-electron chi connectivity index (χ4n) is 1.81. The fourth-order valence-corrected chi connectivity index (χ4v) is 2.52. The van der Waals surface area contributed by atoms with Crippen molar-refractivity contribution in [2.24, 2.45) is 0 Å². The third kappa shape index (κ3) is 4.31. The summed E-state index contributed by atoms with van der Waals surface area (Å²) in [7, 11) is -2.58. The number of carbonyl (C=O) groups excluding carboxylic acids is 1. The lowest BCUT2D eigenvalue weighted by Gasteiger charge is -2.13. The number of hydrogen-bond donors (Lipinski definition) is 3. The lowest BCUT2D eigenvalue weighted by molar-refractivity contribution is -0.139. The van der Waals surface area contributed by atoms with E-state index >= 15 is 0 Å². The molecule has 8 nitrogen and oxygen atoms in total. The lowest BCUT2D eigenvalue weighted by Crippen LogP contribution is -2.40. The predicted molar refractivity (Wildman–Crippen MR) is 78.1 cm³/mol. The minimum absolute atomic E-state index is 0.00317. The molecule has 0 unspecified atom stereocenters. The maximum absolute atomic E-state index is 12.1. The number of furan rings is 1. The van der Waals surface area contributed by atoms with Crippen molar-refractivity contribution in [2.45, 2.75) is 44.2 Å². The van der Waals surface area contributed by atoms with Gasteiger partial charge in [0.05, 0.1) is 5.56 Å². The van der Waals surface area contributed by atoms with Crippen LogP contribution in [0, 0.1) is 6.92 Å². The Labute approximate surface area is 128 Å². The Balaban J connectivity index is 2.96. The molecule has 1 atom stereocenters. The molecule has 0 spiro atoms. The van der Waals surface area contributed by atoms with Gasteiger partial charge in [-0.3, -0.25) is 4.79 Å². The van der Waals surface area contributed by atoms with Gasteiger partial charge in [0.25, 0.3) is 15.9 Å². The van der Waals surface area contributed by atoms with Crippen LogP contribution in [0.15, 0.2) is 15.6 Å². The van der Waals surface area contributed by atoms with E-state index in [1.165, 1.54) is 14.0 Å². The third-order valence-electron chi connectivity index (χ3n) is 3.12. The second kappa shape index (κ2) is 7.41. The highest BCUT2D eigenvalue weighted by Crippen LogP contribution is 2.19. The lowest BCUT2D eigenvalue weighted by atomic mass is 10.1. The van der Waals surface area contributed by atoms with E-state index in [9.17, 15) is 18.0 Å². The minimum atomic E-state index is -3.81. The molecule has 1 aromatic heterocycles. The number of rotatable bonds is 8. The fraction of sp³-hybridized carbons (Fsp3) is 0.538. The zero-order chi connectivity index (χ0) is 16.9. The number of hydrogen-bond acceptors (Lipinski definition) is 5. The zero-order valence-corrected chi connectivity index (χ0v) is 13.5. The van der Waals surface area contributed by atoms with E-state index in [4.69, 9.17) is 9.52 Å². The van der Waals surface area contributed by atoms with E-state index in [2.05, 4.69) is 10.0 Å². The summed E-state index contributed by atoms with van der Waals surface area (Å²) in [5.41, 5.74) is -0.00317. The van der Waals surface area contributed by atoms with Gasteiger partial charge in [-0.2, -0.15) is 0 Å². The number of carboxylic acid groups (broad SMARTS) is 1. The van der Waals surface area contributed by atoms with Gasteiger partial charge in [-0.05, 0) is 20.4 Å². The molecule has 0 aliphatic carbocycles. The average Bonchev–Trinajstić information content (AvgIpc) is 2.85. The van der Waals surface area contributed by atoms with E-state index in [-0.39, 0.29) is 11.3 Å². The number of sulfonamides is 1. The average molecular weight is 332 g/mol. The third-order valence-corrected chi connectivity index (χ3v) is 4.39. The van der Waals surface area contributed by atoms with Gasteiger partial charge < -0.3 is 14.8 Å². The molecular formula is C13H20N2O6S. The van der Waals surface area contributed by atoms with Crippen molar-refractivity contribution in [3.8, 4) is 0 Å². The Morgan fingerprint density at radius 3 is 2.55 bits per heavy atom. The highest BCUT2D eigenvalue weighted by atomic mass is 32.2. The number of carboxylic acids is 1. The van der Waals surface area contributed by atoms with E-state index in [0.717, 1.165) is 12.5 Å². The van der Waals surface area contributed by atoms with Crippen LogP contribution < -0.4 is 10.0 Å². The smallest absolute Gasteiger partial charge is 0.326 e. The first-order valence-corrected chi connectivity index (χ1v) is 8.28. The van der Waals surface area contributed by atoms with Crippen molar-refractivity contribution in [3.05, 3.63) is 17.4 Å². The molecule has 22 heavy (non-hydrogen) atoms. The number of amides is 1. The van der Waals surface area contributed by atoms with Crippen LogP contribution in [0.2, 0.25) is 0 Å². The Kier molecular flexibility index (Phi) is 6.12. The Morgan fingerprint density at radius 1 is 1.41 bits per heavy atom. The summed E-state index contributed by atoms with van der Waals surface area (Å²) < 4.78 is 30.4. The molecule has 0 bridgehead atoms. The molecule has 9 heteroatoms. The van der Waals surface area contributed by atoms with Crippen molar-refractivity contribution in [1.29, 1.82) is 0 Å². The number of unbranched alkanes of at least 4 members (excludes halogenated alkanes) is 1. The standard InChI is InChI=1S/C13H20N2O6S/c1-4-5-6-10(13(17)18)15-12(16)9-7-11(21-8(9)2)22(19,20)14-3/h7,10,14H,4-6H2,1-3H3,(H,15,16)(H,17,18)/t10-/m0/s1. The van der Waals surface area contributed by atoms with Gasteiger partial charge in [0, 0.05) is 6.07 Å². The molecule has 0 saturated carbocycles. The number of aryl methyl sites for hydroxylation is 1. The molecule has 0 aliphatic rings. The summed E-state index contributed by atoms with van der Waals surface area (Å²) in [6.45, 7) is 3.35. The van der Waals surface area contributed by atoms with Gasteiger partial charge in [-0.15, -0.1) is 0 Å². The van der Waals surface area contributed by atoms with Crippen LogP contribution in [-0.4, -0.2) is 38.5 Å². The van der Waals surface area contributed by atoms with E-state index in [1.54, 1.807) is 0 Å². The van der Waals surface area contributed by atoms with Crippen LogP contribution in [0.1, 0.15) is 42.3 Å². The van der Waals surface area contributed by atoms with Gasteiger partial charge in [0.15, 0.2) is 0 Å². The van der Waals surface area contributed by atoms with Gasteiger partial charge in [0.1, 0.15) is 11.8 Å². The topological polar surface area (TPSA) is 126 Å². The van der Waals surface area contributed by atoms with E-state index in [1.807, 2.05) is 6.92 Å². The van der Waals surface area contributed by atoms with Gasteiger partial charge in [0.2, 0.25) is 5.09 Å². The van der Waals surface area contributed by atoms with Crippen molar-refractivity contribution in [1.82, 2.24) is 10.0 Å². The molecule has 1 heterocycles. The zero-order valence-electron chi connectivity index (χ0n) is 12.7. The first kappa shape index (κ1) is 18.2. The maximum Gasteiger partial charge on any atom is 0.326 e. The Morgan fingerprint density at radius 2 is 2.05 bits per heavy atom. The Hall–Kier alpha value is -1.87. The molecule has 1 amide bonds. The van der Waals surface area contributed by atoms with Crippen molar-refractivity contribution >= 4 is 21.9 Å². The molecule has 0 aliphatic heterocycles. The SMILES string of the molecule is CCCC[C@H](NC(=O)c1cc(S(=O)(=O)NC)oc1C)C(=O)O. The first-order valence-electron chi connectivity index (χ1n) is 6.80. The van der Waals surface area contributed by atoms with E-state index in [0.29, 0.717) is 12.8 Å². The van der Waals surface area contributed by atoms with Crippen molar-refractivity contribution in [3.63, 3.8) is 0 Å². The quantitative estimate of drug-likeness (QED) is 0.648. The number of aliphatic carboxylic acids is 1. The monoisotopic (exact) mass is 332 g/mol. The van der Waals surface area contributed by atoms with Crippen molar-refractivity contribution in [2.75, 3.05) is 7.05 Å². The Bertz CT molecular complexity index is 649. The van der Waals surface area contributed by atoms with Crippen LogP contribution in [0.5, 0.6) is 0 Å². The van der Waals surface area contributed by atoms with Crippen LogP contribution in [0.25, 0.3) is 0 Å². The largest absolute Gasteiger partial charge is 0.480 e. The van der Waals surface area contributed by atoms with Crippen LogP contribution >= 0.6 is 0 Å². The minimum Gasteiger partial charge on any atom is -0.480 e. The van der Waals surface area contributed by atoms with Gasteiger partial charge in [-0.1, -0.05) is 19.8 Å². The van der Waals surface area contributed by atoms with Crippen LogP contribution in [0.4, 0.5) is 0 Å². The molecule has 3 N–H and O–H groups in total. The molecule has 0 radical (unpaired) electrons. The second-order valence-corrected chi connectivity index (χ2v) is 6.57. The van der Waals surface area contributed by atoms with E-state index < -0.39 is 33.0 Å². The maximum atomic E-state index is 12.1. The molecule has 0 saturated heterocycles. The second-order valence-electron chi connectivity index (χ2n) is 4.75. The summed E-state index contributed by atoms with van der Waals surface area (Å²) in [5, 5.41) is 11.1. The molecule has 0 aromatic carbocycles. The van der Waals surface area contributed by atoms with Crippen LogP contribution in [-0.2, 0) is 14.8 Å². The summed E-state index contributed by atoms with van der Waals surface area (Å²) in [5.74, 6) is -1.71. The highest BCUT2D eigenvalue weighted by molar-refractivity contribution is 7.89. The molecular weight excluding hydrogens is 312 g/mol. The van der Waals surface area contributed by atoms with Gasteiger partial charge in [-0.25, -0.2) is 17.9 Å². The molecule has 124 valence electrons. The first-order chi connectivity index (χ1) is 10.2. The molecule has 1 aromatic rings. The number of nitrogens with one attached hydrogen (secondary N) is 2. The summed E-state index contributed by atoms with van der Waals surface area (Å²) in [4.78, 5) is 23.2. The summed E-state index contributed by atoms with van der Waals surface area (Å²) in [6.07, 6.45) is 1.76. The van der Waals surface area contributed by atoms with Crippen molar-refractivity contribution < 1.29 is 27.5 Å². The summed E-state index contributed by atoms with van der Waals surface area (Å²) >= 11 is 0. The predicted octanol–water partition coefficient (Wildman–Crippen LogP) is 0.869.